The first kappa shape index (κ1) is 20.0. The van der Waals surface area contributed by atoms with Gasteiger partial charge in [0.2, 0.25) is 5.75 Å². The molecule has 0 aliphatic heterocycles. The number of hydrogen-bond acceptors (Lipinski definition) is 8. The number of nitro benzene ring substituents is 1. The van der Waals surface area contributed by atoms with Gasteiger partial charge in [-0.1, -0.05) is 30.3 Å². The van der Waals surface area contributed by atoms with Gasteiger partial charge in [-0.25, -0.2) is 10.4 Å². The summed E-state index contributed by atoms with van der Waals surface area (Å²) in [6, 6.07) is 12.0. The van der Waals surface area contributed by atoms with Gasteiger partial charge >= 0.3 is 5.69 Å². The molecule has 0 saturated heterocycles. The van der Waals surface area contributed by atoms with Crippen LogP contribution in [0.1, 0.15) is 20.9 Å². The molecule has 9 nitrogen and oxygen atoms in total. The van der Waals surface area contributed by atoms with Crippen molar-refractivity contribution in [3.63, 3.8) is 0 Å². The van der Waals surface area contributed by atoms with Gasteiger partial charge in [-0.15, -0.1) is 11.3 Å². The number of nitrogens with zero attached hydrogens (tertiary/aromatic N) is 3. The summed E-state index contributed by atoms with van der Waals surface area (Å²) in [5.41, 5.74) is 3.26. The fourth-order valence-corrected chi connectivity index (χ4v) is 3.43. The van der Waals surface area contributed by atoms with Gasteiger partial charge in [0.1, 0.15) is 10.7 Å². The quantitative estimate of drug-likeness (QED) is 0.362. The van der Waals surface area contributed by atoms with E-state index in [4.69, 9.17) is 4.74 Å². The van der Waals surface area contributed by atoms with E-state index in [-0.39, 0.29) is 17.0 Å². The molecule has 1 amide bonds. The van der Waals surface area contributed by atoms with Crippen molar-refractivity contribution in [3.05, 3.63) is 68.7 Å². The van der Waals surface area contributed by atoms with E-state index in [0.29, 0.717) is 0 Å². The van der Waals surface area contributed by atoms with Crippen LogP contribution in [0.2, 0.25) is 0 Å². The first-order valence-corrected chi connectivity index (χ1v) is 9.14. The highest BCUT2D eigenvalue weighted by Gasteiger charge is 2.19. The standard InChI is InChI=1S/C19H16N4O5S/c1-11-16(21-19(29-11)13-6-4-3-5-7-13)18(25)22-20-10-12-8-14(23(26)27)17(24)15(9-12)28-2/h3-10,24H,1-2H3,(H,22,25)/b20-10-. The first-order valence-electron chi connectivity index (χ1n) is 8.32. The molecule has 2 aromatic carbocycles. The van der Waals surface area contributed by atoms with E-state index >= 15 is 0 Å². The highest BCUT2D eigenvalue weighted by atomic mass is 32.1. The number of phenolic OH excluding ortho intramolecular Hbond substituents is 1. The van der Waals surface area contributed by atoms with Crippen LogP contribution < -0.4 is 10.2 Å². The number of aromatic hydroxyl groups is 1. The molecule has 0 aliphatic carbocycles. The summed E-state index contributed by atoms with van der Waals surface area (Å²) in [7, 11) is 1.27. The third kappa shape index (κ3) is 4.38. The summed E-state index contributed by atoms with van der Waals surface area (Å²) in [6.45, 7) is 1.79. The van der Waals surface area contributed by atoms with Crippen LogP contribution in [-0.2, 0) is 0 Å². The lowest BCUT2D eigenvalue weighted by molar-refractivity contribution is -0.386. The minimum absolute atomic E-state index is 0.0742. The molecule has 3 aromatic rings. The zero-order chi connectivity index (χ0) is 21.0. The fraction of sp³-hybridized carbons (Fsp3) is 0.105. The van der Waals surface area contributed by atoms with E-state index in [9.17, 15) is 20.0 Å². The average Bonchev–Trinajstić information content (AvgIpc) is 3.11. The van der Waals surface area contributed by atoms with Gasteiger partial charge in [-0.05, 0) is 13.0 Å². The van der Waals surface area contributed by atoms with Crippen LogP contribution in [0.4, 0.5) is 5.69 Å². The highest BCUT2D eigenvalue weighted by molar-refractivity contribution is 7.15. The second-order valence-corrected chi connectivity index (χ2v) is 7.04. The topological polar surface area (TPSA) is 127 Å². The number of methoxy groups -OCH3 is 1. The Bertz CT molecular complexity index is 1100. The van der Waals surface area contributed by atoms with Crippen LogP contribution in [-0.4, -0.2) is 34.2 Å². The number of aryl methyl sites for hydroxylation is 1. The minimum atomic E-state index is -0.739. The van der Waals surface area contributed by atoms with Gasteiger partial charge in [-0.2, -0.15) is 5.10 Å². The summed E-state index contributed by atoms with van der Waals surface area (Å²) in [5.74, 6) is -1.16. The molecule has 148 valence electrons. The van der Waals surface area contributed by atoms with Crippen molar-refractivity contribution in [2.24, 2.45) is 5.10 Å². The number of hydrazone groups is 1. The highest BCUT2D eigenvalue weighted by Crippen LogP contribution is 2.36. The molecule has 10 heteroatoms. The van der Waals surface area contributed by atoms with Crippen molar-refractivity contribution in [2.75, 3.05) is 7.11 Å². The maximum Gasteiger partial charge on any atom is 0.315 e. The molecule has 0 saturated carbocycles. The van der Waals surface area contributed by atoms with E-state index in [1.54, 1.807) is 6.92 Å². The van der Waals surface area contributed by atoms with Crippen molar-refractivity contribution in [1.29, 1.82) is 0 Å². The number of amides is 1. The predicted octanol–water partition coefficient (Wildman–Crippen LogP) is 3.50. The molecular weight excluding hydrogens is 396 g/mol. The largest absolute Gasteiger partial charge is 0.500 e. The Hall–Kier alpha value is -3.79. The monoisotopic (exact) mass is 412 g/mol. The summed E-state index contributed by atoms with van der Waals surface area (Å²) in [6.07, 6.45) is 1.21. The third-order valence-corrected chi connectivity index (χ3v) is 4.93. The Morgan fingerprint density at radius 2 is 2.07 bits per heavy atom. The number of rotatable bonds is 6. The maximum atomic E-state index is 12.4. The van der Waals surface area contributed by atoms with Crippen molar-refractivity contribution in [2.45, 2.75) is 6.92 Å². The average molecular weight is 412 g/mol. The number of carbonyl (C=O) groups is 1. The molecule has 0 fully saturated rings. The van der Waals surface area contributed by atoms with Crippen LogP contribution >= 0.6 is 11.3 Å². The number of aromatic nitrogens is 1. The second-order valence-electron chi connectivity index (χ2n) is 5.84. The van der Waals surface area contributed by atoms with Crippen molar-refractivity contribution in [1.82, 2.24) is 10.4 Å². The van der Waals surface area contributed by atoms with E-state index in [1.165, 1.54) is 30.7 Å². The molecule has 1 aromatic heterocycles. The smallest absolute Gasteiger partial charge is 0.315 e. The third-order valence-electron chi connectivity index (χ3n) is 3.91. The molecule has 3 rings (SSSR count). The minimum Gasteiger partial charge on any atom is -0.500 e. The van der Waals surface area contributed by atoms with E-state index in [1.807, 2.05) is 30.3 Å². The number of nitro groups is 1. The number of benzene rings is 2. The summed E-state index contributed by atoms with van der Waals surface area (Å²) in [4.78, 5) is 27.8. The van der Waals surface area contributed by atoms with Gasteiger partial charge in [-0.3, -0.25) is 14.9 Å². The Morgan fingerprint density at radius 3 is 2.72 bits per heavy atom. The molecule has 0 atom stereocenters. The molecule has 0 aliphatic rings. The molecular formula is C19H16N4O5S. The normalized spacial score (nSPS) is 10.8. The van der Waals surface area contributed by atoms with Gasteiger partial charge < -0.3 is 9.84 Å². The number of ether oxygens (including phenoxy) is 1. The molecule has 0 bridgehead atoms. The van der Waals surface area contributed by atoms with Crippen molar-refractivity contribution < 1.29 is 19.6 Å². The van der Waals surface area contributed by atoms with Crippen LogP contribution in [0, 0.1) is 17.0 Å². The molecule has 0 spiro atoms. The van der Waals surface area contributed by atoms with Gasteiger partial charge in [0, 0.05) is 22.1 Å². The Labute approximate surface area is 169 Å². The lowest BCUT2D eigenvalue weighted by Gasteiger charge is -2.05. The van der Waals surface area contributed by atoms with Crippen molar-refractivity contribution in [3.8, 4) is 22.1 Å². The first-order chi connectivity index (χ1) is 13.9. The van der Waals surface area contributed by atoms with Gasteiger partial charge in [0.15, 0.2) is 5.75 Å². The fourth-order valence-electron chi connectivity index (χ4n) is 2.51. The summed E-state index contributed by atoms with van der Waals surface area (Å²) >= 11 is 1.39. The molecule has 0 radical (unpaired) electrons. The zero-order valence-electron chi connectivity index (χ0n) is 15.4. The Balaban J connectivity index is 1.78. The van der Waals surface area contributed by atoms with E-state index in [0.717, 1.165) is 21.5 Å². The molecule has 2 N–H and O–H groups in total. The lowest BCUT2D eigenvalue weighted by atomic mass is 10.2. The van der Waals surface area contributed by atoms with Crippen LogP contribution in [0.15, 0.2) is 47.6 Å². The second kappa shape index (κ2) is 8.48. The van der Waals surface area contributed by atoms with Crippen LogP contribution in [0.3, 0.4) is 0 Å². The number of hydrogen-bond donors (Lipinski definition) is 2. The number of thiazole rings is 1. The summed E-state index contributed by atoms with van der Waals surface area (Å²) < 4.78 is 4.92. The maximum absolute atomic E-state index is 12.4. The Morgan fingerprint density at radius 1 is 1.34 bits per heavy atom. The zero-order valence-corrected chi connectivity index (χ0v) is 16.3. The molecule has 29 heavy (non-hydrogen) atoms. The SMILES string of the molecule is COc1cc(/C=N\NC(=O)c2nc(-c3ccccc3)sc2C)cc([N+](=O)[O-])c1O. The van der Waals surface area contributed by atoms with Crippen LogP contribution in [0.5, 0.6) is 11.5 Å². The lowest BCUT2D eigenvalue weighted by Crippen LogP contribution is -2.19. The van der Waals surface area contributed by atoms with Gasteiger partial charge in [0.05, 0.1) is 18.2 Å². The van der Waals surface area contributed by atoms with Crippen LogP contribution in [0.25, 0.3) is 10.6 Å². The van der Waals surface area contributed by atoms with Crippen molar-refractivity contribution >= 4 is 29.1 Å². The molecule has 0 unspecified atom stereocenters. The molecule has 1 heterocycles. The summed E-state index contributed by atoms with van der Waals surface area (Å²) in [5, 5.41) is 25.4. The number of phenols is 1. The Kier molecular flexibility index (Phi) is 5.84. The predicted molar refractivity (Wildman–Crippen MR) is 109 cm³/mol. The van der Waals surface area contributed by atoms with E-state index in [2.05, 4.69) is 15.5 Å². The van der Waals surface area contributed by atoms with E-state index < -0.39 is 22.3 Å². The number of nitrogens with one attached hydrogen (secondary N) is 1. The van der Waals surface area contributed by atoms with Gasteiger partial charge in [0.25, 0.3) is 5.91 Å². The number of carbonyl (C=O) groups excluding carboxylic acids is 1.